The van der Waals surface area contributed by atoms with E-state index in [1.807, 2.05) is 24.3 Å². The van der Waals surface area contributed by atoms with Crippen molar-refractivity contribution in [2.24, 2.45) is 0 Å². The minimum atomic E-state index is -3.57. The average molecular weight is 372 g/mol. The van der Waals surface area contributed by atoms with Crippen molar-refractivity contribution in [1.29, 1.82) is 0 Å². The van der Waals surface area contributed by atoms with Gasteiger partial charge in [0.25, 0.3) is 0 Å². The molecule has 4 rings (SSSR count). The Morgan fingerprint density at radius 3 is 2.46 bits per heavy atom. The maximum absolute atomic E-state index is 13.0. The quantitative estimate of drug-likeness (QED) is 0.707. The Hall–Kier alpha value is -2.51. The molecule has 0 amide bonds. The number of rotatable bonds is 4. The van der Waals surface area contributed by atoms with Crippen molar-refractivity contribution in [2.45, 2.75) is 18.0 Å². The lowest BCUT2D eigenvalue weighted by molar-refractivity contribution is 0.345. The maximum Gasteiger partial charge on any atom is 0.243 e. The molecule has 0 N–H and O–H groups in total. The lowest BCUT2D eigenvalue weighted by atomic mass is 10.2. The zero-order chi connectivity index (χ0) is 18.3. The van der Waals surface area contributed by atoms with Crippen molar-refractivity contribution in [2.75, 3.05) is 20.8 Å². The summed E-state index contributed by atoms with van der Waals surface area (Å²) < 4.78 is 40.2. The van der Waals surface area contributed by atoms with Crippen molar-refractivity contribution in [3.63, 3.8) is 0 Å². The number of nitrogens with zero attached hydrogens (tertiary/aromatic N) is 2. The summed E-state index contributed by atoms with van der Waals surface area (Å²) in [6.45, 7) is 1.40. The van der Waals surface area contributed by atoms with Gasteiger partial charge in [-0.25, -0.2) is 8.42 Å². The van der Waals surface area contributed by atoms with Crippen LogP contribution in [0.5, 0.6) is 11.5 Å². The summed E-state index contributed by atoms with van der Waals surface area (Å²) in [6, 6.07) is 14.5. The number of sulfonamides is 1. The summed E-state index contributed by atoms with van der Waals surface area (Å²) in [5, 5.41) is 1.06. The third kappa shape index (κ3) is 2.73. The van der Waals surface area contributed by atoms with Crippen LogP contribution in [0.25, 0.3) is 10.9 Å². The third-order valence-electron chi connectivity index (χ3n) is 4.78. The molecule has 0 saturated heterocycles. The summed E-state index contributed by atoms with van der Waals surface area (Å²) in [5.74, 6) is 1.32. The molecule has 1 aliphatic rings. The highest BCUT2D eigenvalue weighted by molar-refractivity contribution is 7.89. The third-order valence-corrected chi connectivity index (χ3v) is 6.63. The molecule has 3 aromatic rings. The Morgan fingerprint density at radius 2 is 1.69 bits per heavy atom. The SMILES string of the molecule is COc1cccc(S(=O)(=O)N2CCn3c(cc4cc(OC)ccc43)C2)c1. The predicted octanol–water partition coefficient (Wildman–Crippen LogP) is 2.86. The largest absolute Gasteiger partial charge is 0.497 e. The van der Waals surface area contributed by atoms with E-state index in [0.717, 1.165) is 22.3 Å². The van der Waals surface area contributed by atoms with Crippen LogP contribution in [0.2, 0.25) is 0 Å². The second-order valence-electron chi connectivity index (χ2n) is 6.23. The van der Waals surface area contributed by atoms with Crippen molar-refractivity contribution in [3.05, 3.63) is 54.2 Å². The molecule has 1 aromatic heterocycles. The molecule has 136 valence electrons. The van der Waals surface area contributed by atoms with Gasteiger partial charge in [0.2, 0.25) is 10.0 Å². The Bertz CT molecular complexity index is 1070. The van der Waals surface area contributed by atoms with E-state index in [0.29, 0.717) is 25.4 Å². The first kappa shape index (κ1) is 16.9. The smallest absolute Gasteiger partial charge is 0.243 e. The topological polar surface area (TPSA) is 60.8 Å². The predicted molar refractivity (Wildman–Crippen MR) is 99.1 cm³/mol. The van der Waals surface area contributed by atoms with Gasteiger partial charge in [0.15, 0.2) is 0 Å². The van der Waals surface area contributed by atoms with Crippen molar-refractivity contribution >= 4 is 20.9 Å². The number of aromatic nitrogens is 1. The summed E-state index contributed by atoms with van der Waals surface area (Å²) in [4.78, 5) is 0.253. The van der Waals surface area contributed by atoms with Crippen LogP contribution in [0.4, 0.5) is 0 Å². The molecular weight excluding hydrogens is 352 g/mol. The van der Waals surface area contributed by atoms with E-state index in [-0.39, 0.29) is 4.90 Å². The van der Waals surface area contributed by atoms with Gasteiger partial charge in [0.05, 0.1) is 25.7 Å². The summed E-state index contributed by atoms with van der Waals surface area (Å²) >= 11 is 0. The molecular formula is C19H20N2O4S. The Balaban J connectivity index is 1.69. The second kappa shape index (κ2) is 6.34. The Labute approximate surface area is 152 Å². The standard InChI is InChI=1S/C19H20N2O4S/c1-24-16-4-3-5-18(12-16)26(22,23)20-8-9-21-15(13-20)10-14-11-17(25-2)6-7-19(14)21/h3-7,10-12H,8-9,13H2,1-2H3. The van der Waals surface area contributed by atoms with Crippen LogP contribution in [0, 0.1) is 0 Å². The molecule has 0 unspecified atom stereocenters. The van der Waals surface area contributed by atoms with E-state index in [4.69, 9.17) is 9.47 Å². The first-order chi connectivity index (χ1) is 12.5. The van der Waals surface area contributed by atoms with Crippen LogP contribution in [0.15, 0.2) is 53.4 Å². The first-order valence-corrected chi connectivity index (χ1v) is 9.77. The number of benzene rings is 2. The fourth-order valence-electron chi connectivity index (χ4n) is 3.42. The molecule has 2 heterocycles. The summed E-state index contributed by atoms with van der Waals surface area (Å²) in [7, 11) is -0.407. The van der Waals surface area contributed by atoms with Crippen LogP contribution in [0.3, 0.4) is 0 Å². The van der Waals surface area contributed by atoms with Crippen LogP contribution in [-0.4, -0.2) is 38.1 Å². The maximum atomic E-state index is 13.0. The number of methoxy groups -OCH3 is 2. The van der Waals surface area contributed by atoms with E-state index in [2.05, 4.69) is 4.57 Å². The molecule has 2 aromatic carbocycles. The highest BCUT2D eigenvalue weighted by Gasteiger charge is 2.29. The van der Waals surface area contributed by atoms with Crippen LogP contribution in [-0.2, 0) is 23.1 Å². The molecule has 26 heavy (non-hydrogen) atoms. The van der Waals surface area contributed by atoms with Gasteiger partial charge >= 0.3 is 0 Å². The fraction of sp³-hybridized carbons (Fsp3) is 0.263. The Morgan fingerprint density at radius 1 is 0.923 bits per heavy atom. The summed E-state index contributed by atoms with van der Waals surface area (Å²) in [6.07, 6.45) is 0. The van der Waals surface area contributed by atoms with Crippen LogP contribution < -0.4 is 9.47 Å². The van der Waals surface area contributed by atoms with Gasteiger partial charge in [-0.05, 0) is 36.4 Å². The zero-order valence-corrected chi connectivity index (χ0v) is 15.5. The van der Waals surface area contributed by atoms with E-state index in [9.17, 15) is 8.42 Å². The minimum absolute atomic E-state index is 0.253. The van der Waals surface area contributed by atoms with Crippen molar-refractivity contribution in [3.8, 4) is 11.5 Å². The number of hydrogen-bond donors (Lipinski definition) is 0. The van der Waals surface area contributed by atoms with E-state index >= 15 is 0 Å². The van der Waals surface area contributed by atoms with Gasteiger partial charge in [0.1, 0.15) is 11.5 Å². The van der Waals surface area contributed by atoms with Gasteiger partial charge in [-0.2, -0.15) is 4.31 Å². The first-order valence-electron chi connectivity index (χ1n) is 8.33. The summed E-state index contributed by atoms with van der Waals surface area (Å²) in [5.41, 5.74) is 2.07. The van der Waals surface area contributed by atoms with Gasteiger partial charge in [-0.15, -0.1) is 0 Å². The Kier molecular flexibility index (Phi) is 4.13. The molecule has 7 heteroatoms. The van der Waals surface area contributed by atoms with Crippen molar-refractivity contribution < 1.29 is 17.9 Å². The molecule has 0 spiro atoms. The van der Waals surface area contributed by atoms with E-state index in [1.54, 1.807) is 31.4 Å². The number of fused-ring (bicyclic) bond motifs is 3. The average Bonchev–Trinajstić information content (AvgIpc) is 3.04. The molecule has 0 atom stereocenters. The van der Waals surface area contributed by atoms with Crippen LogP contribution in [0.1, 0.15) is 5.69 Å². The lowest BCUT2D eigenvalue weighted by Crippen LogP contribution is -2.37. The number of ether oxygens (including phenoxy) is 2. The van der Waals surface area contributed by atoms with Crippen molar-refractivity contribution in [1.82, 2.24) is 8.87 Å². The fourth-order valence-corrected chi connectivity index (χ4v) is 4.85. The highest BCUT2D eigenvalue weighted by atomic mass is 32.2. The molecule has 0 aliphatic carbocycles. The monoisotopic (exact) mass is 372 g/mol. The lowest BCUT2D eigenvalue weighted by Gasteiger charge is -2.28. The van der Waals surface area contributed by atoms with Gasteiger partial charge < -0.3 is 14.0 Å². The van der Waals surface area contributed by atoms with Crippen LogP contribution >= 0.6 is 0 Å². The zero-order valence-electron chi connectivity index (χ0n) is 14.7. The van der Waals surface area contributed by atoms with Gasteiger partial charge in [-0.3, -0.25) is 0 Å². The molecule has 0 bridgehead atoms. The van der Waals surface area contributed by atoms with Gasteiger partial charge in [0, 0.05) is 35.8 Å². The number of hydrogen-bond acceptors (Lipinski definition) is 4. The highest BCUT2D eigenvalue weighted by Crippen LogP contribution is 2.30. The molecule has 1 aliphatic heterocycles. The molecule has 0 saturated carbocycles. The minimum Gasteiger partial charge on any atom is -0.497 e. The molecule has 0 fully saturated rings. The van der Waals surface area contributed by atoms with E-state index < -0.39 is 10.0 Å². The van der Waals surface area contributed by atoms with E-state index in [1.165, 1.54) is 11.4 Å². The normalized spacial score (nSPS) is 15.0. The molecule has 6 nitrogen and oxygen atoms in total. The molecule has 0 radical (unpaired) electrons. The second-order valence-corrected chi connectivity index (χ2v) is 8.17. The van der Waals surface area contributed by atoms with Gasteiger partial charge in [-0.1, -0.05) is 6.07 Å².